The number of hydrogen-bond acceptors (Lipinski definition) is 4. The second-order valence-corrected chi connectivity index (χ2v) is 5.94. The quantitative estimate of drug-likeness (QED) is 0.618. The number of nitro benzene ring substituents is 1. The Morgan fingerprint density at radius 3 is 1.95 bits per heavy atom. The molecule has 0 aliphatic heterocycles. The molecule has 0 aliphatic rings. The van der Waals surface area contributed by atoms with Gasteiger partial charge in [0.25, 0.3) is 5.69 Å². The molecule has 1 aromatic rings. The molecule has 104 valence electrons. The van der Waals surface area contributed by atoms with Crippen LogP contribution in [-0.4, -0.2) is 16.3 Å². The minimum absolute atomic E-state index is 0.00713. The summed E-state index contributed by atoms with van der Waals surface area (Å²) in [7, 11) is 0. The molecule has 0 unspecified atom stereocenters. The summed E-state index contributed by atoms with van der Waals surface area (Å²) in [6.07, 6.45) is 0. The van der Waals surface area contributed by atoms with Gasteiger partial charge in [-0.2, -0.15) is 0 Å². The summed E-state index contributed by atoms with van der Waals surface area (Å²) in [5, 5.41) is 10.5. The zero-order chi connectivity index (χ0) is 14.8. The lowest BCUT2D eigenvalue weighted by Gasteiger charge is -2.31. The number of ketones is 1. The summed E-state index contributed by atoms with van der Waals surface area (Å²) >= 11 is 0. The van der Waals surface area contributed by atoms with E-state index in [-0.39, 0.29) is 11.5 Å². The largest absolute Gasteiger partial charge is 0.480 e. The summed E-state index contributed by atoms with van der Waals surface area (Å²) < 4.78 is 5.65. The summed E-state index contributed by atoms with van der Waals surface area (Å²) in [5.41, 5.74) is -1.49. The maximum absolute atomic E-state index is 12.2. The van der Waals surface area contributed by atoms with Gasteiger partial charge in [-0.15, -0.1) is 0 Å². The maximum atomic E-state index is 12.2. The van der Waals surface area contributed by atoms with Crippen LogP contribution in [0.15, 0.2) is 24.3 Å². The Balaban J connectivity index is 2.89. The number of benzene rings is 1. The van der Waals surface area contributed by atoms with Crippen LogP contribution < -0.4 is 4.74 Å². The van der Waals surface area contributed by atoms with Crippen LogP contribution >= 0.6 is 0 Å². The molecule has 0 heterocycles. The Hall–Kier alpha value is -1.91. The van der Waals surface area contributed by atoms with E-state index >= 15 is 0 Å². The third-order valence-electron chi connectivity index (χ3n) is 2.65. The third kappa shape index (κ3) is 3.77. The van der Waals surface area contributed by atoms with E-state index in [9.17, 15) is 14.9 Å². The molecule has 0 spiro atoms. The lowest BCUT2D eigenvalue weighted by molar-refractivity contribution is -0.384. The molecule has 0 saturated carbocycles. The highest BCUT2D eigenvalue weighted by Gasteiger charge is 2.38. The van der Waals surface area contributed by atoms with Gasteiger partial charge < -0.3 is 4.74 Å². The summed E-state index contributed by atoms with van der Waals surface area (Å²) in [6, 6.07) is 5.70. The lowest BCUT2D eigenvalue weighted by Crippen LogP contribution is -2.45. The van der Waals surface area contributed by atoms with Gasteiger partial charge in [0.1, 0.15) is 5.75 Å². The van der Waals surface area contributed by atoms with Crippen LogP contribution in [-0.2, 0) is 4.79 Å². The second-order valence-electron chi connectivity index (χ2n) is 5.94. The van der Waals surface area contributed by atoms with E-state index < -0.39 is 15.9 Å². The molecule has 0 aromatic heterocycles. The van der Waals surface area contributed by atoms with Crippen molar-refractivity contribution in [1.82, 2.24) is 0 Å². The number of hydrogen-bond donors (Lipinski definition) is 0. The predicted octanol–water partition coefficient (Wildman–Crippen LogP) is 3.37. The number of non-ortho nitro benzene ring substituents is 1. The van der Waals surface area contributed by atoms with Crippen molar-refractivity contribution in [2.45, 2.75) is 40.2 Å². The van der Waals surface area contributed by atoms with E-state index in [1.54, 1.807) is 13.8 Å². The predicted molar refractivity (Wildman–Crippen MR) is 72.3 cm³/mol. The molecule has 19 heavy (non-hydrogen) atoms. The van der Waals surface area contributed by atoms with E-state index in [0.29, 0.717) is 5.75 Å². The van der Waals surface area contributed by atoms with Gasteiger partial charge in [0.2, 0.25) is 0 Å². The standard InChI is InChI=1S/C14H19NO4/c1-13(2,3)12(16)14(4,5)19-11-8-6-10(7-9-11)15(17)18/h6-9H,1-5H3. The Bertz CT molecular complexity index is 483. The fourth-order valence-corrected chi connectivity index (χ4v) is 1.88. The molecular weight excluding hydrogens is 246 g/mol. The van der Waals surface area contributed by atoms with Crippen molar-refractivity contribution >= 4 is 11.5 Å². The van der Waals surface area contributed by atoms with E-state index in [2.05, 4.69) is 0 Å². The first-order chi connectivity index (χ1) is 8.54. The van der Waals surface area contributed by atoms with Gasteiger partial charge in [0, 0.05) is 17.5 Å². The molecule has 0 amide bonds. The normalized spacial score (nSPS) is 12.1. The molecule has 5 nitrogen and oxygen atoms in total. The molecule has 0 aliphatic carbocycles. The molecule has 0 atom stereocenters. The molecule has 1 rings (SSSR count). The third-order valence-corrected chi connectivity index (χ3v) is 2.65. The van der Waals surface area contributed by atoms with Crippen LogP contribution in [0.4, 0.5) is 5.69 Å². The van der Waals surface area contributed by atoms with E-state index in [1.807, 2.05) is 20.8 Å². The topological polar surface area (TPSA) is 69.4 Å². The summed E-state index contributed by atoms with van der Waals surface area (Å²) in [4.78, 5) is 22.3. The van der Waals surface area contributed by atoms with Gasteiger partial charge in [-0.3, -0.25) is 14.9 Å². The van der Waals surface area contributed by atoms with Crippen LogP contribution in [0.1, 0.15) is 34.6 Å². The van der Waals surface area contributed by atoms with E-state index in [4.69, 9.17) is 4.74 Å². The Morgan fingerprint density at radius 1 is 1.11 bits per heavy atom. The molecule has 0 saturated heterocycles. The fraction of sp³-hybridized carbons (Fsp3) is 0.500. The van der Waals surface area contributed by atoms with Crippen LogP contribution in [0.3, 0.4) is 0 Å². The maximum Gasteiger partial charge on any atom is 0.269 e. The average molecular weight is 265 g/mol. The van der Waals surface area contributed by atoms with Crippen molar-refractivity contribution < 1.29 is 14.5 Å². The smallest absolute Gasteiger partial charge is 0.269 e. The highest BCUT2D eigenvalue weighted by molar-refractivity contribution is 5.91. The van der Waals surface area contributed by atoms with Crippen LogP contribution in [0, 0.1) is 15.5 Å². The molecule has 1 aromatic carbocycles. The average Bonchev–Trinajstić information content (AvgIpc) is 2.27. The van der Waals surface area contributed by atoms with Crippen molar-refractivity contribution in [3.63, 3.8) is 0 Å². The van der Waals surface area contributed by atoms with E-state index in [0.717, 1.165) is 0 Å². The first kappa shape index (κ1) is 15.1. The van der Waals surface area contributed by atoms with Gasteiger partial charge in [-0.05, 0) is 26.0 Å². The Labute approximate surface area is 112 Å². The van der Waals surface area contributed by atoms with Crippen LogP contribution in [0.5, 0.6) is 5.75 Å². The summed E-state index contributed by atoms with van der Waals surface area (Å²) in [6.45, 7) is 8.88. The minimum Gasteiger partial charge on any atom is -0.480 e. The fourth-order valence-electron chi connectivity index (χ4n) is 1.88. The van der Waals surface area contributed by atoms with Gasteiger partial charge in [0.15, 0.2) is 11.4 Å². The number of nitrogens with zero attached hydrogens (tertiary/aromatic N) is 1. The van der Waals surface area contributed by atoms with Gasteiger partial charge in [-0.1, -0.05) is 20.8 Å². The SMILES string of the molecule is CC(C)(C)C(=O)C(C)(C)Oc1ccc([N+](=O)[O-])cc1. The Kier molecular flexibility index (Phi) is 3.98. The van der Waals surface area contributed by atoms with Crippen LogP contribution in [0.25, 0.3) is 0 Å². The zero-order valence-corrected chi connectivity index (χ0v) is 11.9. The number of carbonyl (C=O) groups excluding carboxylic acids is 1. The van der Waals surface area contributed by atoms with Gasteiger partial charge in [-0.25, -0.2) is 0 Å². The number of ether oxygens (including phenoxy) is 1. The monoisotopic (exact) mass is 265 g/mol. The number of Topliss-reactive ketones (excluding diaryl/α,β-unsaturated/α-hetero) is 1. The van der Waals surface area contributed by atoms with Crippen molar-refractivity contribution in [2.75, 3.05) is 0 Å². The van der Waals surface area contributed by atoms with Crippen molar-refractivity contribution in [3.8, 4) is 5.75 Å². The molecule has 0 N–H and O–H groups in total. The highest BCUT2D eigenvalue weighted by atomic mass is 16.6. The van der Waals surface area contributed by atoms with Crippen molar-refractivity contribution in [3.05, 3.63) is 34.4 Å². The summed E-state index contributed by atoms with van der Waals surface area (Å²) in [5.74, 6) is 0.409. The molecule has 5 heteroatoms. The van der Waals surface area contributed by atoms with Gasteiger partial charge in [0.05, 0.1) is 4.92 Å². The number of carbonyl (C=O) groups is 1. The number of rotatable bonds is 4. The molecular formula is C14H19NO4. The zero-order valence-electron chi connectivity index (χ0n) is 11.9. The lowest BCUT2D eigenvalue weighted by atomic mass is 9.82. The number of nitro groups is 1. The van der Waals surface area contributed by atoms with Crippen molar-refractivity contribution in [1.29, 1.82) is 0 Å². The first-order valence-corrected chi connectivity index (χ1v) is 6.02. The Morgan fingerprint density at radius 2 is 1.58 bits per heavy atom. The van der Waals surface area contributed by atoms with Crippen LogP contribution in [0.2, 0.25) is 0 Å². The highest BCUT2D eigenvalue weighted by Crippen LogP contribution is 2.28. The van der Waals surface area contributed by atoms with E-state index in [1.165, 1.54) is 24.3 Å². The van der Waals surface area contributed by atoms with Gasteiger partial charge >= 0.3 is 0 Å². The second kappa shape index (κ2) is 4.99. The molecule has 0 bridgehead atoms. The minimum atomic E-state index is -0.978. The van der Waals surface area contributed by atoms with Crippen molar-refractivity contribution in [2.24, 2.45) is 5.41 Å². The molecule has 0 fully saturated rings. The molecule has 0 radical (unpaired) electrons. The first-order valence-electron chi connectivity index (χ1n) is 6.02.